The van der Waals surface area contributed by atoms with Crippen LogP contribution in [0.4, 0.5) is 4.39 Å². The predicted molar refractivity (Wildman–Crippen MR) is 105 cm³/mol. The molecule has 2 aliphatic heterocycles. The number of carbonyl (C=O) groups excluding carboxylic acids is 1. The molecule has 1 amide bonds. The Hall–Kier alpha value is -1.92. The molecule has 28 heavy (non-hydrogen) atoms. The van der Waals surface area contributed by atoms with Gasteiger partial charge >= 0.3 is 0 Å². The van der Waals surface area contributed by atoms with Crippen molar-refractivity contribution in [2.24, 2.45) is 5.92 Å². The lowest BCUT2D eigenvalue weighted by Crippen LogP contribution is -2.40. The molecule has 1 atom stereocenters. The molecule has 2 fully saturated rings. The lowest BCUT2D eigenvalue weighted by atomic mass is 9.95. The fraction of sp³-hybridized carbons (Fsp3) is 0.524. The Morgan fingerprint density at radius 1 is 1.32 bits per heavy atom. The molecule has 2 aromatic rings. The molecule has 4 rings (SSSR count). The minimum absolute atomic E-state index is 0.0197. The van der Waals surface area contributed by atoms with Gasteiger partial charge in [0.2, 0.25) is 0 Å². The van der Waals surface area contributed by atoms with Crippen LogP contribution in [0.3, 0.4) is 0 Å². The first-order chi connectivity index (χ1) is 13.5. The van der Waals surface area contributed by atoms with E-state index in [2.05, 4.69) is 16.5 Å². The van der Waals surface area contributed by atoms with Crippen LogP contribution in [0.5, 0.6) is 0 Å². The van der Waals surface area contributed by atoms with E-state index < -0.39 is 5.82 Å². The molecule has 0 radical (unpaired) electrons. The molecule has 1 aromatic carbocycles. The maximum atomic E-state index is 14.1. The van der Waals surface area contributed by atoms with Crippen molar-refractivity contribution < 1.29 is 13.9 Å². The van der Waals surface area contributed by atoms with Crippen molar-refractivity contribution in [3.63, 3.8) is 0 Å². The molecule has 0 spiro atoms. The Bertz CT molecular complexity index is 835. The Morgan fingerprint density at radius 3 is 2.79 bits per heavy atom. The van der Waals surface area contributed by atoms with Gasteiger partial charge in [-0.25, -0.2) is 9.37 Å². The molecule has 1 unspecified atom stereocenters. The van der Waals surface area contributed by atoms with Gasteiger partial charge in [0.05, 0.1) is 10.6 Å². The SMILES string of the molecule is Cc1cnc(C2CCCO2)n1CC1CCN(C(=O)c2c(F)cccc2Cl)CC1. The highest BCUT2D eigenvalue weighted by molar-refractivity contribution is 6.33. The lowest BCUT2D eigenvalue weighted by molar-refractivity contribution is 0.0673. The third-order valence-corrected chi connectivity index (χ3v) is 6.14. The number of carbonyl (C=O) groups is 1. The third kappa shape index (κ3) is 3.80. The number of aromatic nitrogens is 2. The maximum absolute atomic E-state index is 14.1. The number of benzene rings is 1. The molecular formula is C21H25ClFN3O2. The molecule has 2 saturated heterocycles. The average Bonchev–Trinajstić information content (AvgIpc) is 3.33. The highest BCUT2D eigenvalue weighted by Crippen LogP contribution is 2.30. The number of amides is 1. The summed E-state index contributed by atoms with van der Waals surface area (Å²) in [5, 5.41) is 0.169. The van der Waals surface area contributed by atoms with Gasteiger partial charge in [-0.1, -0.05) is 17.7 Å². The van der Waals surface area contributed by atoms with E-state index in [-0.39, 0.29) is 22.6 Å². The van der Waals surface area contributed by atoms with Gasteiger partial charge in [-0.2, -0.15) is 0 Å². The molecule has 7 heteroatoms. The molecule has 3 heterocycles. The number of piperidine rings is 1. The third-order valence-electron chi connectivity index (χ3n) is 5.82. The largest absolute Gasteiger partial charge is 0.370 e. The zero-order valence-electron chi connectivity index (χ0n) is 16.0. The summed E-state index contributed by atoms with van der Waals surface area (Å²) < 4.78 is 22.2. The predicted octanol–water partition coefficient (Wildman–Crippen LogP) is 4.39. The van der Waals surface area contributed by atoms with Gasteiger partial charge in [0.15, 0.2) is 0 Å². The summed E-state index contributed by atoms with van der Waals surface area (Å²) in [6.07, 6.45) is 5.86. The summed E-state index contributed by atoms with van der Waals surface area (Å²) in [5.41, 5.74) is 1.12. The van der Waals surface area contributed by atoms with Crippen LogP contribution in [-0.4, -0.2) is 40.1 Å². The van der Waals surface area contributed by atoms with Crippen LogP contribution in [0.25, 0.3) is 0 Å². The van der Waals surface area contributed by atoms with E-state index in [0.29, 0.717) is 19.0 Å². The summed E-state index contributed by atoms with van der Waals surface area (Å²) in [5.74, 6) is 0.593. The molecule has 1 aromatic heterocycles. The molecule has 0 bridgehead atoms. The normalized spacial score (nSPS) is 20.7. The van der Waals surface area contributed by atoms with Crippen molar-refractivity contribution in [2.75, 3.05) is 19.7 Å². The van der Waals surface area contributed by atoms with Crippen LogP contribution in [0.15, 0.2) is 24.4 Å². The first-order valence-electron chi connectivity index (χ1n) is 9.91. The number of nitrogens with zero attached hydrogens (tertiary/aromatic N) is 3. The Balaban J connectivity index is 1.40. The fourth-order valence-electron chi connectivity index (χ4n) is 4.19. The number of hydrogen-bond donors (Lipinski definition) is 0. The Kier molecular flexibility index (Phi) is 5.69. The molecule has 150 valence electrons. The second kappa shape index (κ2) is 8.21. The van der Waals surface area contributed by atoms with E-state index in [1.165, 1.54) is 12.1 Å². The van der Waals surface area contributed by atoms with Crippen molar-refractivity contribution in [3.05, 3.63) is 52.3 Å². The number of rotatable bonds is 4. The molecule has 0 N–H and O–H groups in total. The van der Waals surface area contributed by atoms with Gasteiger partial charge in [-0.15, -0.1) is 0 Å². The minimum atomic E-state index is -0.560. The summed E-state index contributed by atoms with van der Waals surface area (Å²) in [7, 11) is 0. The topological polar surface area (TPSA) is 47.4 Å². The van der Waals surface area contributed by atoms with Gasteiger partial charge in [-0.05, 0) is 50.7 Å². The zero-order chi connectivity index (χ0) is 19.7. The van der Waals surface area contributed by atoms with Gasteiger partial charge in [0, 0.05) is 38.1 Å². The quantitative estimate of drug-likeness (QED) is 0.758. The van der Waals surface area contributed by atoms with Crippen LogP contribution in [0.1, 0.15) is 53.7 Å². The molecule has 0 aliphatic carbocycles. The second-order valence-electron chi connectivity index (χ2n) is 7.70. The number of imidazole rings is 1. The zero-order valence-corrected chi connectivity index (χ0v) is 16.8. The highest BCUT2D eigenvalue weighted by atomic mass is 35.5. The monoisotopic (exact) mass is 405 g/mol. The minimum Gasteiger partial charge on any atom is -0.370 e. The van der Waals surface area contributed by atoms with Crippen LogP contribution < -0.4 is 0 Å². The van der Waals surface area contributed by atoms with Gasteiger partial charge < -0.3 is 14.2 Å². The van der Waals surface area contributed by atoms with Crippen LogP contribution in [-0.2, 0) is 11.3 Å². The van der Waals surface area contributed by atoms with E-state index in [9.17, 15) is 9.18 Å². The van der Waals surface area contributed by atoms with Gasteiger partial charge in [0.1, 0.15) is 17.7 Å². The number of hydrogen-bond acceptors (Lipinski definition) is 3. The number of aryl methyl sites for hydroxylation is 1. The summed E-state index contributed by atoms with van der Waals surface area (Å²) in [6.45, 7) is 4.97. The summed E-state index contributed by atoms with van der Waals surface area (Å²) in [6, 6.07) is 4.35. The lowest BCUT2D eigenvalue weighted by Gasteiger charge is -2.33. The molecular weight excluding hydrogens is 381 g/mol. The standard InChI is InChI=1S/C21H25ClFN3O2/c1-14-12-24-20(18-6-3-11-28-18)26(14)13-15-7-9-25(10-8-15)21(27)19-16(22)4-2-5-17(19)23/h2,4-5,12,15,18H,3,6-11,13H2,1H3. The van der Waals surface area contributed by atoms with Crippen LogP contribution in [0.2, 0.25) is 5.02 Å². The molecule has 0 saturated carbocycles. The van der Waals surface area contributed by atoms with E-state index in [1.807, 2.05) is 6.20 Å². The first-order valence-corrected chi connectivity index (χ1v) is 10.3. The van der Waals surface area contributed by atoms with Crippen molar-refractivity contribution in [1.29, 1.82) is 0 Å². The van der Waals surface area contributed by atoms with Crippen LogP contribution >= 0.6 is 11.6 Å². The van der Waals surface area contributed by atoms with E-state index >= 15 is 0 Å². The van der Waals surface area contributed by atoms with Gasteiger partial charge in [-0.3, -0.25) is 4.79 Å². The summed E-state index contributed by atoms with van der Waals surface area (Å²) in [4.78, 5) is 19.0. The summed E-state index contributed by atoms with van der Waals surface area (Å²) >= 11 is 6.05. The van der Waals surface area contributed by atoms with Gasteiger partial charge in [0.25, 0.3) is 5.91 Å². The fourth-order valence-corrected chi connectivity index (χ4v) is 4.44. The highest BCUT2D eigenvalue weighted by Gasteiger charge is 2.29. The molecule has 5 nitrogen and oxygen atoms in total. The maximum Gasteiger partial charge on any atom is 0.258 e. The number of halogens is 2. The average molecular weight is 406 g/mol. The van der Waals surface area contributed by atoms with Crippen LogP contribution in [0, 0.1) is 18.7 Å². The smallest absolute Gasteiger partial charge is 0.258 e. The van der Waals surface area contributed by atoms with E-state index in [0.717, 1.165) is 50.4 Å². The van der Waals surface area contributed by atoms with Crippen molar-refractivity contribution in [2.45, 2.75) is 45.3 Å². The number of ether oxygens (including phenoxy) is 1. The van der Waals surface area contributed by atoms with Crippen molar-refractivity contribution >= 4 is 17.5 Å². The van der Waals surface area contributed by atoms with Crippen molar-refractivity contribution in [3.8, 4) is 0 Å². The Morgan fingerprint density at radius 2 is 2.11 bits per heavy atom. The first kappa shape index (κ1) is 19.4. The number of likely N-dealkylation sites (tertiary alicyclic amines) is 1. The second-order valence-corrected chi connectivity index (χ2v) is 8.11. The Labute approximate surface area is 169 Å². The van der Waals surface area contributed by atoms with E-state index in [4.69, 9.17) is 16.3 Å². The molecule has 2 aliphatic rings. The van der Waals surface area contributed by atoms with E-state index in [1.54, 1.807) is 11.0 Å². The van der Waals surface area contributed by atoms with Crippen molar-refractivity contribution in [1.82, 2.24) is 14.5 Å².